The fourth-order valence-electron chi connectivity index (χ4n) is 5.48. The Labute approximate surface area is 276 Å². The average Bonchev–Trinajstić information content (AvgIpc) is 3.39. The predicted octanol–water partition coefficient (Wildman–Crippen LogP) is 7.35. The summed E-state index contributed by atoms with van der Waals surface area (Å²) in [7, 11) is 0. The number of ketones is 1. The summed E-state index contributed by atoms with van der Waals surface area (Å²) in [5.74, 6) is -1.59. The maximum atomic E-state index is 13.2. The standard InChI is InChI=1S/C39H42O8/c1-28(2)45-37(41)23-15-4-3-14-22-33-34(25-24-31(40)27-44-32-20-12-7-13-21-32)36(47-39(43)30-18-10-6-11-19-30)26-35(33)46-38(42)29-16-8-5-9-17-29/h3,5-14,16-21,24-25,28,33-36H,4,15,22-23,26-27H2,1-2H3/b14-3-,25-24+/t33-,34+,35+,36-/m1/s1. The van der Waals surface area contributed by atoms with E-state index in [1.54, 1.807) is 66.7 Å². The molecule has 1 saturated carbocycles. The second kappa shape index (κ2) is 18.2. The summed E-state index contributed by atoms with van der Waals surface area (Å²) in [5.41, 5.74) is 0.819. The number of hydrogen-bond donors (Lipinski definition) is 0. The van der Waals surface area contributed by atoms with Crippen LogP contribution in [-0.4, -0.2) is 48.6 Å². The van der Waals surface area contributed by atoms with Gasteiger partial charge in [-0.25, -0.2) is 9.59 Å². The lowest BCUT2D eigenvalue weighted by molar-refractivity contribution is -0.147. The van der Waals surface area contributed by atoms with Crippen LogP contribution in [0.15, 0.2) is 115 Å². The van der Waals surface area contributed by atoms with E-state index in [4.69, 9.17) is 18.9 Å². The summed E-state index contributed by atoms with van der Waals surface area (Å²) in [6, 6.07) is 26.5. The molecule has 3 aromatic rings. The molecule has 1 aliphatic carbocycles. The van der Waals surface area contributed by atoms with Crippen molar-refractivity contribution in [2.75, 3.05) is 6.61 Å². The molecule has 0 unspecified atom stereocenters. The molecule has 8 nitrogen and oxygen atoms in total. The molecule has 4 rings (SSSR count). The number of carbonyl (C=O) groups excluding carboxylic acids is 4. The molecule has 1 fully saturated rings. The van der Waals surface area contributed by atoms with E-state index in [1.165, 1.54) is 6.08 Å². The first-order chi connectivity index (χ1) is 22.8. The van der Waals surface area contributed by atoms with Gasteiger partial charge in [0.2, 0.25) is 0 Å². The third-order valence-corrected chi connectivity index (χ3v) is 7.72. The highest BCUT2D eigenvalue weighted by atomic mass is 16.6. The Kier molecular flexibility index (Phi) is 13.5. The summed E-state index contributed by atoms with van der Waals surface area (Å²) in [5, 5.41) is 0. The quantitative estimate of drug-likeness (QED) is 0.0528. The topological polar surface area (TPSA) is 105 Å². The van der Waals surface area contributed by atoms with Gasteiger partial charge in [0.25, 0.3) is 0 Å². The summed E-state index contributed by atoms with van der Waals surface area (Å²) in [6.45, 7) is 3.48. The smallest absolute Gasteiger partial charge is 0.338 e. The van der Waals surface area contributed by atoms with Gasteiger partial charge in [-0.1, -0.05) is 72.8 Å². The molecule has 246 valence electrons. The first-order valence-corrected chi connectivity index (χ1v) is 16.1. The number of rotatable bonds is 16. The van der Waals surface area contributed by atoms with Crippen molar-refractivity contribution >= 4 is 23.7 Å². The van der Waals surface area contributed by atoms with Crippen molar-refractivity contribution in [1.29, 1.82) is 0 Å². The lowest BCUT2D eigenvalue weighted by Crippen LogP contribution is -2.26. The number of allylic oxidation sites excluding steroid dienone is 2. The van der Waals surface area contributed by atoms with Gasteiger partial charge < -0.3 is 18.9 Å². The van der Waals surface area contributed by atoms with Crippen LogP contribution >= 0.6 is 0 Å². The largest absolute Gasteiger partial charge is 0.485 e. The van der Waals surface area contributed by atoms with Crippen molar-refractivity contribution in [3.05, 3.63) is 126 Å². The predicted molar refractivity (Wildman–Crippen MR) is 178 cm³/mol. The van der Waals surface area contributed by atoms with E-state index in [0.717, 1.165) is 0 Å². The Bertz CT molecular complexity index is 1500. The van der Waals surface area contributed by atoms with Crippen LogP contribution in [0.2, 0.25) is 0 Å². The van der Waals surface area contributed by atoms with Crippen LogP contribution in [0.5, 0.6) is 5.75 Å². The van der Waals surface area contributed by atoms with Gasteiger partial charge >= 0.3 is 17.9 Å². The summed E-state index contributed by atoms with van der Waals surface area (Å²) in [6.07, 6.45) is 8.16. The zero-order valence-electron chi connectivity index (χ0n) is 26.9. The van der Waals surface area contributed by atoms with E-state index in [2.05, 4.69) is 0 Å². The molecule has 0 saturated heterocycles. The van der Waals surface area contributed by atoms with Gasteiger partial charge in [-0.2, -0.15) is 0 Å². The number of hydrogen-bond acceptors (Lipinski definition) is 8. The maximum absolute atomic E-state index is 13.2. The molecule has 0 spiro atoms. The first-order valence-electron chi connectivity index (χ1n) is 16.1. The Morgan fingerprint density at radius 2 is 1.34 bits per heavy atom. The summed E-state index contributed by atoms with van der Waals surface area (Å²) >= 11 is 0. The lowest BCUT2D eigenvalue weighted by Gasteiger charge is -2.23. The monoisotopic (exact) mass is 638 g/mol. The fraction of sp³-hybridized carbons (Fsp3) is 0.333. The van der Waals surface area contributed by atoms with E-state index in [1.807, 2.05) is 56.3 Å². The zero-order chi connectivity index (χ0) is 33.4. The van der Waals surface area contributed by atoms with Gasteiger partial charge in [-0.05, 0) is 75.6 Å². The fourth-order valence-corrected chi connectivity index (χ4v) is 5.48. The third-order valence-electron chi connectivity index (χ3n) is 7.72. The molecular weight excluding hydrogens is 596 g/mol. The molecule has 1 aliphatic rings. The second-order valence-corrected chi connectivity index (χ2v) is 11.7. The van der Waals surface area contributed by atoms with Crippen LogP contribution in [0.1, 0.15) is 66.7 Å². The van der Waals surface area contributed by atoms with Gasteiger partial charge in [0.05, 0.1) is 17.2 Å². The number of para-hydroxylation sites is 1. The van der Waals surface area contributed by atoms with Gasteiger partial charge in [0.1, 0.15) is 18.0 Å². The van der Waals surface area contributed by atoms with E-state index < -0.39 is 30.1 Å². The molecule has 8 heteroatoms. The van der Waals surface area contributed by atoms with Crippen LogP contribution in [0.25, 0.3) is 0 Å². The molecule has 0 radical (unpaired) electrons. The van der Waals surface area contributed by atoms with Crippen molar-refractivity contribution in [2.45, 2.75) is 64.3 Å². The van der Waals surface area contributed by atoms with Gasteiger partial charge in [0.15, 0.2) is 12.4 Å². The second-order valence-electron chi connectivity index (χ2n) is 11.7. The van der Waals surface area contributed by atoms with Gasteiger partial charge in [-0.15, -0.1) is 0 Å². The molecule has 0 aliphatic heterocycles. The molecule has 3 aromatic carbocycles. The van der Waals surface area contributed by atoms with Gasteiger partial charge in [-0.3, -0.25) is 9.59 Å². The number of carbonyl (C=O) groups is 4. The third kappa shape index (κ3) is 11.4. The SMILES string of the molecule is CC(C)OC(=O)CCC/C=C\C[C@@H]1[C@H](/C=C/C(=O)COc2ccccc2)[C@H](OC(=O)c2ccccc2)C[C@@H]1OC(=O)c1ccccc1. The van der Waals surface area contributed by atoms with Crippen molar-refractivity contribution in [3.8, 4) is 5.75 Å². The van der Waals surface area contributed by atoms with Crippen molar-refractivity contribution in [1.82, 2.24) is 0 Å². The number of ether oxygens (including phenoxy) is 4. The molecule has 47 heavy (non-hydrogen) atoms. The molecule has 4 atom stereocenters. The summed E-state index contributed by atoms with van der Waals surface area (Å²) < 4.78 is 22.9. The Morgan fingerprint density at radius 3 is 1.94 bits per heavy atom. The number of esters is 3. The molecule has 0 bridgehead atoms. The van der Waals surface area contributed by atoms with Crippen LogP contribution in [0, 0.1) is 11.8 Å². The van der Waals surface area contributed by atoms with Crippen LogP contribution in [0.3, 0.4) is 0 Å². The first kappa shape index (κ1) is 34.9. The molecule has 0 heterocycles. The Morgan fingerprint density at radius 1 is 0.766 bits per heavy atom. The highest BCUT2D eigenvalue weighted by Crippen LogP contribution is 2.40. The molecule has 0 amide bonds. The summed E-state index contributed by atoms with van der Waals surface area (Å²) in [4.78, 5) is 51.1. The van der Waals surface area contributed by atoms with Crippen LogP contribution in [0.4, 0.5) is 0 Å². The van der Waals surface area contributed by atoms with E-state index >= 15 is 0 Å². The van der Waals surface area contributed by atoms with Crippen LogP contribution < -0.4 is 4.74 Å². The van der Waals surface area contributed by atoms with Gasteiger partial charge in [0, 0.05) is 24.7 Å². The minimum absolute atomic E-state index is 0.151. The van der Waals surface area contributed by atoms with Crippen LogP contribution in [-0.2, 0) is 23.8 Å². The highest BCUT2D eigenvalue weighted by molar-refractivity contribution is 5.91. The van der Waals surface area contributed by atoms with Crippen molar-refractivity contribution < 1.29 is 38.1 Å². The molecule has 0 aromatic heterocycles. The average molecular weight is 639 g/mol. The zero-order valence-corrected chi connectivity index (χ0v) is 26.9. The minimum atomic E-state index is -0.653. The Hall–Kier alpha value is -4.98. The normalized spacial score (nSPS) is 19.1. The maximum Gasteiger partial charge on any atom is 0.338 e. The molecular formula is C39H42O8. The van der Waals surface area contributed by atoms with E-state index in [9.17, 15) is 19.2 Å². The number of benzene rings is 3. The lowest BCUT2D eigenvalue weighted by atomic mass is 9.89. The van der Waals surface area contributed by atoms with E-state index in [0.29, 0.717) is 42.6 Å². The minimum Gasteiger partial charge on any atom is -0.485 e. The van der Waals surface area contributed by atoms with Crippen molar-refractivity contribution in [2.24, 2.45) is 11.8 Å². The highest BCUT2D eigenvalue weighted by Gasteiger charge is 2.45. The molecule has 0 N–H and O–H groups in total. The Balaban J connectivity index is 1.52. The van der Waals surface area contributed by atoms with E-state index in [-0.39, 0.29) is 36.8 Å². The van der Waals surface area contributed by atoms with Crippen molar-refractivity contribution in [3.63, 3.8) is 0 Å². The number of unbranched alkanes of at least 4 members (excludes halogenated alkanes) is 1.